The van der Waals surface area contributed by atoms with Gasteiger partial charge in [0, 0.05) is 6.54 Å². The van der Waals surface area contributed by atoms with E-state index in [9.17, 15) is 18.0 Å². The van der Waals surface area contributed by atoms with Crippen molar-refractivity contribution in [1.82, 2.24) is 10.0 Å². The molecule has 0 saturated carbocycles. The van der Waals surface area contributed by atoms with Crippen LogP contribution in [0.3, 0.4) is 0 Å². The van der Waals surface area contributed by atoms with Crippen molar-refractivity contribution in [3.05, 3.63) is 63.2 Å². The Kier molecular flexibility index (Phi) is 12.0. The van der Waals surface area contributed by atoms with Crippen LogP contribution in [0.4, 0.5) is 0 Å². The molecule has 2 aromatic carbocycles. The maximum Gasteiger partial charge on any atom is 0.409 e. The standard InChI is InChI=1S/C32H49N3O5S/c1-18(2)24-13-25(19(3)4)29(26(14-24)20(5)6)15-30(36)35-41(38,39)40-32-27(21(7)8)11-23(12-28(32)22(9)10)17-34-31(37)16-33/h11-14,18-22H,15-17,33H2,1-10H3,(H,34,37)(H,35,36). The summed E-state index contributed by atoms with van der Waals surface area (Å²) in [6.45, 7) is 20.5. The summed E-state index contributed by atoms with van der Waals surface area (Å²) in [4.78, 5) is 24.9. The van der Waals surface area contributed by atoms with Gasteiger partial charge in [-0.15, -0.1) is 0 Å². The summed E-state index contributed by atoms with van der Waals surface area (Å²) in [5.74, 6) is -0.237. The largest absolute Gasteiger partial charge is 0.409 e. The van der Waals surface area contributed by atoms with Crippen molar-refractivity contribution in [3.63, 3.8) is 0 Å². The Morgan fingerprint density at radius 1 is 0.732 bits per heavy atom. The van der Waals surface area contributed by atoms with Crippen molar-refractivity contribution < 1.29 is 22.2 Å². The number of rotatable bonds is 13. The van der Waals surface area contributed by atoms with Crippen LogP contribution in [0.25, 0.3) is 0 Å². The molecule has 0 aliphatic rings. The summed E-state index contributed by atoms with van der Waals surface area (Å²) in [5.41, 5.74) is 11.7. The van der Waals surface area contributed by atoms with Crippen LogP contribution in [-0.2, 0) is 32.9 Å². The summed E-state index contributed by atoms with van der Waals surface area (Å²) in [6, 6.07) is 7.91. The zero-order chi connectivity index (χ0) is 31.2. The minimum atomic E-state index is -4.48. The van der Waals surface area contributed by atoms with E-state index in [-0.39, 0.29) is 54.8 Å². The van der Waals surface area contributed by atoms with Gasteiger partial charge in [0.05, 0.1) is 13.0 Å². The SMILES string of the molecule is CC(C)c1cc(C(C)C)c(CC(=O)NS(=O)(=O)Oc2c(C(C)C)cc(CNC(=O)CN)cc2C(C)C)c(C(C)C)c1. The second-order valence-electron chi connectivity index (χ2n) is 12.3. The van der Waals surface area contributed by atoms with Crippen LogP contribution >= 0.6 is 0 Å². The Hall–Kier alpha value is -2.91. The summed E-state index contributed by atoms with van der Waals surface area (Å²) in [5, 5.41) is 2.75. The molecule has 0 spiro atoms. The Morgan fingerprint density at radius 3 is 1.59 bits per heavy atom. The van der Waals surface area contributed by atoms with E-state index < -0.39 is 16.2 Å². The predicted octanol–water partition coefficient (Wildman–Crippen LogP) is 5.86. The highest BCUT2D eigenvalue weighted by molar-refractivity contribution is 7.85. The number of benzene rings is 2. The van der Waals surface area contributed by atoms with Crippen LogP contribution in [0.2, 0.25) is 0 Å². The van der Waals surface area contributed by atoms with E-state index in [1.54, 1.807) is 0 Å². The number of carbonyl (C=O) groups is 2. The van der Waals surface area contributed by atoms with Gasteiger partial charge in [-0.2, -0.15) is 8.42 Å². The average molecular weight is 588 g/mol. The molecule has 0 aliphatic carbocycles. The summed E-state index contributed by atoms with van der Waals surface area (Å²) >= 11 is 0. The maximum absolute atomic E-state index is 13.2. The molecule has 0 radical (unpaired) electrons. The molecule has 0 saturated heterocycles. The van der Waals surface area contributed by atoms with Crippen LogP contribution in [0.15, 0.2) is 24.3 Å². The lowest BCUT2D eigenvalue weighted by atomic mass is 9.83. The third-order valence-electron chi connectivity index (χ3n) is 7.15. The van der Waals surface area contributed by atoms with E-state index in [4.69, 9.17) is 9.92 Å². The van der Waals surface area contributed by atoms with E-state index in [1.807, 2.05) is 39.8 Å². The minimum Gasteiger partial charge on any atom is -0.366 e. The average Bonchev–Trinajstić information content (AvgIpc) is 2.86. The van der Waals surface area contributed by atoms with Crippen LogP contribution in [0, 0.1) is 0 Å². The fraction of sp³-hybridized carbons (Fsp3) is 0.562. The fourth-order valence-electron chi connectivity index (χ4n) is 4.84. The lowest BCUT2D eigenvalue weighted by Gasteiger charge is -2.23. The first-order valence-corrected chi connectivity index (χ1v) is 15.9. The number of hydrogen-bond acceptors (Lipinski definition) is 6. The van der Waals surface area contributed by atoms with Crippen molar-refractivity contribution in [2.45, 2.75) is 112 Å². The zero-order valence-corrected chi connectivity index (χ0v) is 27.2. The monoisotopic (exact) mass is 587 g/mol. The van der Waals surface area contributed by atoms with E-state index in [1.165, 1.54) is 5.56 Å². The highest BCUT2D eigenvalue weighted by Crippen LogP contribution is 2.37. The normalized spacial score (nSPS) is 12.1. The first-order chi connectivity index (χ1) is 19.0. The number of nitrogens with two attached hydrogens (primary N) is 1. The third-order valence-corrected chi connectivity index (χ3v) is 8.01. The number of carbonyl (C=O) groups excluding carboxylic acids is 2. The van der Waals surface area contributed by atoms with Crippen molar-refractivity contribution in [2.24, 2.45) is 5.73 Å². The van der Waals surface area contributed by atoms with Crippen molar-refractivity contribution in [3.8, 4) is 5.75 Å². The van der Waals surface area contributed by atoms with Crippen molar-refractivity contribution in [1.29, 1.82) is 0 Å². The molecular formula is C32H49N3O5S. The molecule has 0 unspecified atom stereocenters. The fourth-order valence-corrected chi connectivity index (χ4v) is 5.65. The minimum absolute atomic E-state index is 0.0736. The first-order valence-electron chi connectivity index (χ1n) is 14.5. The first kappa shape index (κ1) is 34.3. The Balaban J connectivity index is 2.44. The Labute approximate surface area is 247 Å². The lowest BCUT2D eigenvalue weighted by molar-refractivity contribution is -0.120. The highest BCUT2D eigenvalue weighted by atomic mass is 32.2. The lowest BCUT2D eigenvalue weighted by Crippen LogP contribution is -2.36. The van der Waals surface area contributed by atoms with E-state index in [0.717, 1.165) is 22.3 Å². The molecule has 0 fully saturated rings. The van der Waals surface area contributed by atoms with Gasteiger partial charge in [0.1, 0.15) is 0 Å². The van der Waals surface area contributed by atoms with Gasteiger partial charge in [0.2, 0.25) is 11.8 Å². The molecule has 41 heavy (non-hydrogen) atoms. The van der Waals surface area contributed by atoms with Crippen LogP contribution in [0.1, 0.15) is 138 Å². The zero-order valence-electron chi connectivity index (χ0n) is 26.3. The van der Waals surface area contributed by atoms with E-state index in [0.29, 0.717) is 17.0 Å². The van der Waals surface area contributed by atoms with Gasteiger partial charge in [-0.05, 0) is 80.7 Å². The third kappa shape index (κ3) is 9.30. The van der Waals surface area contributed by atoms with E-state index in [2.05, 4.69) is 63.7 Å². The van der Waals surface area contributed by atoms with Crippen molar-refractivity contribution in [2.75, 3.05) is 6.54 Å². The molecule has 0 heterocycles. The van der Waals surface area contributed by atoms with E-state index >= 15 is 0 Å². The smallest absolute Gasteiger partial charge is 0.366 e. The second-order valence-corrected chi connectivity index (χ2v) is 13.6. The summed E-state index contributed by atoms with van der Waals surface area (Å²) in [7, 11) is -4.48. The molecule has 2 rings (SSSR count). The maximum atomic E-state index is 13.2. The molecule has 0 bridgehead atoms. The molecule has 9 heteroatoms. The summed E-state index contributed by atoms with van der Waals surface area (Å²) < 4.78 is 34.3. The van der Waals surface area contributed by atoms with Gasteiger partial charge in [-0.25, -0.2) is 4.72 Å². The molecule has 228 valence electrons. The number of nitrogens with one attached hydrogen (secondary N) is 2. The van der Waals surface area contributed by atoms with Gasteiger partial charge < -0.3 is 15.2 Å². The second kappa shape index (κ2) is 14.3. The highest BCUT2D eigenvalue weighted by Gasteiger charge is 2.26. The van der Waals surface area contributed by atoms with Gasteiger partial charge >= 0.3 is 10.3 Å². The summed E-state index contributed by atoms with van der Waals surface area (Å²) in [6.07, 6.45) is -0.0736. The quantitative estimate of drug-likeness (QED) is 0.269. The van der Waals surface area contributed by atoms with Gasteiger partial charge in [0.15, 0.2) is 5.75 Å². The van der Waals surface area contributed by atoms with Crippen LogP contribution in [0.5, 0.6) is 5.75 Å². The molecule has 0 aromatic heterocycles. The predicted molar refractivity (Wildman–Crippen MR) is 166 cm³/mol. The van der Waals surface area contributed by atoms with Crippen LogP contribution in [-0.4, -0.2) is 26.8 Å². The number of hydrogen-bond donors (Lipinski definition) is 3. The molecule has 4 N–H and O–H groups in total. The molecule has 0 aliphatic heterocycles. The molecule has 2 amide bonds. The van der Waals surface area contributed by atoms with Crippen LogP contribution < -0.4 is 20.0 Å². The van der Waals surface area contributed by atoms with Gasteiger partial charge in [-0.1, -0.05) is 81.4 Å². The number of amides is 2. The Morgan fingerprint density at radius 2 is 1.20 bits per heavy atom. The molecule has 0 atom stereocenters. The Bertz CT molecular complexity index is 1290. The molecule has 2 aromatic rings. The molecular weight excluding hydrogens is 538 g/mol. The van der Waals surface area contributed by atoms with Gasteiger partial charge in [0.25, 0.3) is 0 Å². The van der Waals surface area contributed by atoms with Crippen molar-refractivity contribution >= 4 is 22.1 Å². The molecule has 8 nitrogen and oxygen atoms in total. The topological polar surface area (TPSA) is 128 Å². The van der Waals surface area contributed by atoms with Gasteiger partial charge in [-0.3, -0.25) is 9.59 Å².